The van der Waals surface area contributed by atoms with Gasteiger partial charge in [-0.25, -0.2) is 0 Å². The fourth-order valence-corrected chi connectivity index (χ4v) is 3.12. The highest BCUT2D eigenvalue weighted by molar-refractivity contribution is 5.94. The lowest BCUT2D eigenvalue weighted by molar-refractivity contribution is -0.144. The van der Waals surface area contributed by atoms with Crippen LogP contribution in [0.4, 0.5) is 0 Å². The number of nitrogens with zero attached hydrogens (tertiary/aromatic N) is 2. The van der Waals surface area contributed by atoms with E-state index in [4.69, 9.17) is 22.3 Å². The number of aliphatic carboxylic acids is 1. The van der Waals surface area contributed by atoms with Crippen LogP contribution < -0.4 is 27.8 Å². The molecule has 0 aromatic carbocycles. The summed E-state index contributed by atoms with van der Waals surface area (Å²) in [6, 6.07) is -4.21. The normalized spacial score (nSPS) is 19.6. The number of carboxylic acids is 1. The smallest absolute Gasteiger partial charge is 0.325 e. The molecule has 1 aliphatic rings. The van der Waals surface area contributed by atoms with Gasteiger partial charge in [-0.05, 0) is 39.5 Å². The summed E-state index contributed by atoms with van der Waals surface area (Å²) in [4.78, 5) is 54.1. The van der Waals surface area contributed by atoms with Crippen LogP contribution in [0.15, 0.2) is 4.99 Å². The molecule has 5 atom stereocenters. The molecule has 0 aromatic heterocycles. The molecule has 1 aliphatic heterocycles. The number of aliphatic hydroxyl groups is 1. The Morgan fingerprint density at radius 1 is 1.19 bits per heavy atom. The fourth-order valence-electron chi connectivity index (χ4n) is 3.12. The number of hydrogen-bond acceptors (Lipinski definition) is 7. The van der Waals surface area contributed by atoms with Gasteiger partial charge in [-0.3, -0.25) is 24.2 Å². The van der Waals surface area contributed by atoms with E-state index >= 15 is 0 Å². The van der Waals surface area contributed by atoms with Crippen molar-refractivity contribution >= 4 is 29.7 Å². The Labute approximate surface area is 180 Å². The number of carbonyl (C=O) groups excluding carboxylic acids is 3. The second-order valence-electron chi connectivity index (χ2n) is 7.53. The van der Waals surface area contributed by atoms with Gasteiger partial charge in [0.05, 0.1) is 6.10 Å². The summed E-state index contributed by atoms with van der Waals surface area (Å²) in [6.45, 7) is 3.18. The number of likely N-dealkylation sites (tertiary alicyclic amines) is 1. The molecule has 0 bridgehead atoms. The molecule has 3 amide bonds. The van der Waals surface area contributed by atoms with E-state index in [0.717, 1.165) is 0 Å². The van der Waals surface area contributed by atoms with Gasteiger partial charge in [0.15, 0.2) is 5.96 Å². The number of carbonyl (C=O) groups is 4. The van der Waals surface area contributed by atoms with Gasteiger partial charge in [0.2, 0.25) is 17.7 Å². The third-order valence-corrected chi connectivity index (χ3v) is 4.95. The highest BCUT2D eigenvalue weighted by atomic mass is 16.4. The molecule has 10 N–H and O–H groups in total. The summed E-state index contributed by atoms with van der Waals surface area (Å²) in [5.41, 5.74) is 16.2. The molecular weight excluding hydrogens is 410 g/mol. The second-order valence-corrected chi connectivity index (χ2v) is 7.53. The van der Waals surface area contributed by atoms with Crippen molar-refractivity contribution in [3.05, 3.63) is 0 Å². The molecule has 5 unspecified atom stereocenters. The maximum Gasteiger partial charge on any atom is 0.325 e. The van der Waals surface area contributed by atoms with E-state index < -0.39 is 54.0 Å². The number of carboxylic acid groups (broad SMARTS) is 1. The first-order valence-electron chi connectivity index (χ1n) is 10.1. The average Bonchev–Trinajstić information content (AvgIpc) is 3.18. The van der Waals surface area contributed by atoms with E-state index in [1.54, 1.807) is 0 Å². The average molecular weight is 444 g/mol. The molecular formula is C18H33N7O6. The van der Waals surface area contributed by atoms with Crippen molar-refractivity contribution in [1.29, 1.82) is 0 Å². The summed E-state index contributed by atoms with van der Waals surface area (Å²) in [5, 5.41) is 23.4. The van der Waals surface area contributed by atoms with Crippen molar-refractivity contribution in [3.8, 4) is 0 Å². The maximum absolute atomic E-state index is 13.2. The predicted molar refractivity (Wildman–Crippen MR) is 111 cm³/mol. The van der Waals surface area contributed by atoms with Gasteiger partial charge >= 0.3 is 5.97 Å². The molecule has 13 heteroatoms. The molecule has 1 fully saturated rings. The zero-order valence-corrected chi connectivity index (χ0v) is 17.8. The van der Waals surface area contributed by atoms with Gasteiger partial charge in [0.1, 0.15) is 24.2 Å². The second kappa shape index (κ2) is 12.1. The summed E-state index contributed by atoms with van der Waals surface area (Å²) in [7, 11) is 0. The van der Waals surface area contributed by atoms with Crippen molar-refractivity contribution < 1.29 is 29.4 Å². The lowest BCUT2D eigenvalue weighted by atomic mass is 10.1. The molecule has 0 aromatic rings. The molecule has 0 saturated carbocycles. The number of amides is 3. The Morgan fingerprint density at radius 3 is 2.39 bits per heavy atom. The largest absolute Gasteiger partial charge is 0.480 e. The molecule has 31 heavy (non-hydrogen) atoms. The number of nitrogens with two attached hydrogens (primary N) is 3. The summed E-state index contributed by atoms with van der Waals surface area (Å²) >= 11 is 0. The van der Waals surface area contributed by atoms with Crippen LogP contribution in [0.5, 0.6) is 0 Å². The van der Waals surface area contributed by atoms with E-state index in [1.165, 1.54) is 18.7 Å². The number of nitrogens with one attached hydrogen (secondary N) is 2. The monoisotopic (exact) mass is 443 g/mol. The Balaban J connectivity index is 2.94. The van der Waals surface area contributed by atoms with Gasteiger partial charge in [-0.1, -0.05) is 0 Å². The minimum Gasteiger partial charge on any atom is -0.480 e. The third kappa shape index (κ3) is 8.02. The van der Waals surface area contributed by atoms with Gasteiger partial charge in [0, 0.05) is 13.1 Å². The van der Waals surface area contributed by atoms with Crippen LogP contribution >= 0.6 is 0 Å². The highest BCUT2D eigenvalue weighted by Crippen LogP contribution is 2.20. The predicted octanol–water partition coefficient (Wildman–Crippen LogP) is -3.19. The van der Waals surface area contributed by atoms with E-state index in [2.05, 4.69) is 15.6 Å². The van der Waals surface area contributed by atoms with Crippen molar-refractivity contribution in [3.63, 3.8) is 0 Å². The summed E-state index contributed by atoms with van der Waals surface area (Å²) in [5.74, 6) is -3.09. The summed E-state index contributed by atoms with van der Waals surface area (Å²) < 4.78 is 0. The Hall–Kier alpha value is -2.93. The van der Waals surface area contributed by atoms with Crippen molar-refractivity contribution in [2.75, 3.05) is 13.1 Å². The van der Waals surface area contributed by atoms with Gasteiger partial charge < -0.3 is 42.9 Å². The standard InChI is InChI=1S/C18H33N7O6/c1-9(17(30)31)23-14(27)12-6-4-8-25(12)16(29)11(5-3-7-22-18(20)21)24-15(28)13(19)10(2)26/h9-13,26H,3-8,19H2,1-2H3,(H,23,27)(H,24,28)(H,30,31)(H4,20,21,22). The summed E-state index contributed by atoms with van der Waals surface area (Å²) in [6.07, 6.45) is 0.322. The van der Waals surface area contributed by atoms with E-state index in [1.807, 2.05) is 0 Å². The third-order valence-electron chi connectivity index (χ3n) is 4.95. The van der Waals surface area contributed by atoms with Crippen LogP contribution in [-0.4, -0.2) is 88.1 Å². The molecule has 1 rings (SSSR count). The SMILES string of the molecule is CC(NC(=O)C1CCCN1C(=O)C(CCCN=C(N)N)NC(=O)C(N)C(C)O)C(=O)O. The van der Waals surface area contributed by atoms with E-state index in [-0.39, 0.29) is 25.5 Å². The zero-order chi connectivity index (χ0) is 23.7. The number of aliphatic hydroxyl groups excluding tert-OH is 1. The molecule has 13 nitrogen and oxygen atoms in total. The molecule has 0 aliphatic carbocycles. The van der Waals surface area contributed by atoms with Crippen LogP contribution in [0, 0.1) is 0 Å². The topological polar surface area (TPSA) is 226 Å². The Bertz CT molecular complexity index is 695. The van der Waals surface area contributed by atoms with Gasteiger partial charge in [0.25, 0.3) is 0 Å². The van der Waals surface area contributed by atoms with Crippen LogP contribution in [0.2, 0.25) is 0 Å². The van der Waals surface area contributed by atoms with E-state index in [0.29, 0.717) is 19.3 Å². The molecule has 0 radical (unpaired) electrons. The fraction of sp³-hybridized carbons (Fsp3) is 0.722. The zero-order valence-electron chi connectivity index (χ0n) is 17.8. The minimum absolute atomic E-state index is 0.105. The van der Waals surface area contributed by atoms with Crippen LogP contribution in [0.1, 0.15) is 39.5 Å². The first-order valence-corrected chi connectivity index (χ1v) is 10.1. The first kappa shape index (κ1) is 26.1. The minimum atomic E-state index is -1.23. The molecule has 0 spiro atoms. The number of guanidine groups is 1. The number of hydrogen-bond donors (Lipinski definition) is 7. The lowest BCUT2D eigenvalue weighted by Crippen LogP contribution is -2.57. The van der Waals surface area contributed by atoms with Gasteiger partial charge in [-0.15, -0.1) is 0 Å². The highest BCUT2D eigenvalue weighted by Gasteiger charge is 2.38. The Morgan fingerprint density at radius 2 is 1.84 bits per heavy atom. The first-order chi connectivity index (χ1) is 14.5. The van der Waals surface area contributed by atoms with Crippen LogP contribution in [0.3, 0.4) is 0 Å². The van der Waals surface area contributed by atoms with Crippen LogP contribution in [-0.2, 0) is 19.2 Å². The molecule has 176 valence electrons. The van der Waals surface area contributed by atoms with Crippen molar-refractivity contribution in [1.82, 2.24) is 15.5 Å². The number of rotatable bonds is 11. The van der Waals surface area contributed by atoms with Crippen LogP contribution in [0.25, 0.3) is 0 Å². The van der Waals surface area contributed by atoms with E-state index in [9.17, 15) is 24.3 Å². The lowest BCUT2D eigenvalue weighted by Gasteiger charge is -2.30. The number of aliphatic imine (C=N–C) groups is 1. The molecule has 1 heterocycles. The molecule has 1 saturated heterocycles. The Kier molecular flexibility index (Phi) is 10.1. The van der Waals surface area contributed by atoms with Gasteiger partial charge in [-0.2, -0.15) is 0 Å². The quantitative estimate of drug-likeness (QED) is 0.0968. The maximum atomic E-state index is 13.2. The van der Waals surface area contributed by atoms with Crippen molar-refractivity contribution in [2.24, 2.45) is 22.2 Å². The van der Waals surface area contributed by atoms with Crippen molar-refractivity contribution in [2.45, 2.75) is 69.8 Å².